The van der Waals surface area contributed by atoms with Crippen molar-refractivity contribution in [2.24, 2.45) is 0 Å². The molecule has 2 rings (SSSR count). The van der Waals surface area contributed by atoms with Crippen LogP contribution in [0.15, 0.2) is 36.7 Å². The van der Waals surface area contributed by atoms with Gasteiger partial charge in [-0.05, 0) is 24.1 Å². The molecule has 4 nitrogen and oxygen atoms in total. The Balaban J connectivity index is 1.93. The fourth-order valence-corrected chi connectivity index (χ4v) is 1.79. The van der Waals surface area contributed by atoms with Crippen LogP contribution in [0.1, 0.15) is 18.9 Å². The molecule has 0 saturated carbocycles. The lowest BCUT2D eigenvalue weighted by atomic mass is 10.2. The molecule has 0 bridgehead atoms. The van der Waals surface area contributed by atoms with Crippen LogP contribution in [-0.2, 0) is 13.1 Å². The van der Waals surface area contributed by atoms with Crippen molar-refractivity contribution in [2.45, 2.75) is 26.4 Å². The summed E-state index contributed by atoms with van der Waals surface area (Å²) < 4.78 is 7.15. The molecule has 2 aromatic rings. The monoisotopic (exact) mass is 245 g/mol. The van der Waals surface area contributed by atoms with Crippen molar-refractivity contribution in [1.82, 2.24) is 9.78 Å². The zero-order valence-electron chi connectivity index (χ0n) is 10.9. The minimum atomic E-state index is 0.773. The number of aromatic nitrogens is 2. The van der Waals surface area contributed by atoms with Crippen molar-refractivity contribution in [2.75, 3.05) is 12.4 Å². The van der Waals surface area contributed by atoms with Gasteiger partial charge in [-0.2, -0.15) is 5.10 Å². The molecule has 0 aliphatic heterocycles. The first kappa shape index (κ1) is 12.5. The molecule has 0 saturated heterocycles. The van der Waals surface area contributed by atoms with E-state index in [4.69, 9.17) is 4.74 Å². The van der Waals surface area contributed by atoms with E-state index < -0.39 is 0 Å². The predicted molar refractivity (Wildman–Crippen MR) is 72.8 cm³/mol. The third kappa shape index (κ3) is 3.26. The van der Waals surface area contributed by atoms with Crippen molar-refractivity contribution in [3.63, 3.8) is 0 Å². The number of ether oxygens (including phenoxy) is 1. The summed E-state index contributed by atoms with van der Waals surface area (Å²) in [5.41, 5.74) is 2.24. The third-order valence-corrected chi connectivity index (χ3v) is 2.72. The first-order valence-electron chi connectivity index (χ1n) is 6.21. The minimum Gasteiger partial charge on any atom is -0.497 e. The average molecular weight is 245 g/mol. The van der Waals surface area contributed by atoms with E-state index in [1.807, 2.05) is 35.3 Å². The van der Waals surface area contributed by atoms with Gasteiger partial charge in [-0.1, -0.05) is 19.1 Å². The molecule has 1 heterocycles. The Hall–Kier alpha value is -1.97. The zero-order valence-corrected chi connectivity index (χ0v) is 10.9. The van der Waals surface area contributed by atoms with Gasteiger partial charge < -0.3 is 10.1 Å². The normalized spacial score (nSPS) is 10.3. The van der Waals surface area contributed by atoms with Gasteiger partial charge in [0, 0.05) is 19.3 Å². The first-order valence-corrected chi connectivity index (χ1v) is 6.21. The molecule has 96 valence electrons. The molecule has 0 fully saturated rings. The Morgan fingerprint density at radius 3 is 3.06 bits per heavy atom. The fourth-order valence-electron chi connectivity index (χ4n) is 1.79. The second kappa shape index (κ2) is 6.10. The molecule has 18 heavy (non-hydrogen) atoms. The molecule has 4 heteroatoms. The van der Waals surface area contributed by atoms with E-state index in [-0.39, 0.29) is 0 Å². The summed E-state index contributed by atoms with van der Waals surface area (Å²) in [6, 6.07) is 8.05. The summed E-state index contributed by atoms with van der Waals surface area (Å²) in [5.74, 6) is 0.885. The van der Waals surface area contributed by atoms with E-state index in [9.17, 15) is 0 Å². The van der Waals surface area contributed by atoms with Gasteiger partial charge in [0.05, 0.1) is 19.0 Å². The van der Waals surface area contributed by atoms with Crippen molar-refractivity contribution in [1.29, 1.82) is 0 Å². The van der Waals surface area contributed by atoms with Crippen LogP contribution in [0.3, 0.4) is 0 Å². The summed E-state index contributed by atoms with van der Waals surface area (Å²) in [4.78, 5) is 0. The Morgan fingerprint density at radius 2 is 2.28 bits per heavy atom. The summed E-state index contributed by atoms with van der Waals surface area (Å²) in [6.45, 7) is 3.88. The van der Waals surface area contributed by atoms with Crippen LogP contribution in [0, 0.1) is 0 Å². The first-order chi connectivity index (χ1) is 8.81. The van der Waals surface area contributed by atoms with E-state index in [1.165, 1.54) is 5.56 Å². The second-order valence-electron chi connectivity index (χ2n) is 4.20. The van der Waals surface area contributed by atoms with Crippen molar-refractivity contribution in [3.8, 4) is 5.75 Å². The summed E-state index contributed by atoms with van der Waals surface area (Å²) >= 11 is 0. The van der Waals surface area contributed by atoms with E-state index in [0.717, 1.165) is 30.9 Å². The second-order valence-corrected chi connectivity index (χ2v) is 4.20. The quantitative estimate of drug-likeness (QED) is 0.850. The van der Waals surface area contributed by atoms with Crippen LogP contribution in [0.5, 0.6) is 5.75 Å². The molecule has 0 aliphatic rings. The van der Waals surface area contributed by atoms with Crippen LogP contribution < -0.4 is 10.1 Å². The maximum atomic E-state index is 5.20. The number of rotatable bonds is 6. The molecular weight excluding hydrogens is 226 g/mol. The smallest absolute Gasteiger partial charge is 0.119 e. The molecule has 0 atom stereocenters. The summed E-state index contributed by atoms with van der Waals surface area (Å²) in [6.07, 6.45) is 4.98. The summed E-state index contributed by atoms with van der Waals surface area (Å²) in [5, 5.41) is 7.63. The highest BCUT2D eigenvalue weighted by molar-refractivity contribution is 5.40. The Bertz CT molecular complexity index is 493. The highest BCUT2D eigenvalue weighted by Gasteiger charge is 1.99. The van der Waals surface area contributed by atoms with Gasteiger partial charge in [0.25, 0.3) is 0 Å². The van der Waals surface area contributed by atoms with Gasteiger partial charge in [-0.15, -0.1) is 0 Å². The number of hydrogen-bond donors (Lipinski definition) is 1. The fraction of sp³-hybridized carbons (Fsp3) is 0.357. The number of aryl methyl sites for hydroxylation is 1. The molecule has 1 N–H and O–H groups in total. The summed E-state index contributed by atoms with van der Waals surface area (Å²) in [7, 11) is 1.68. The Labute approximate surface area is 108 Å². The molecule has 0 amide bonds. The molecule has 0 spiro atoms. The number of nitrogens with one attached hydrogen (secondary N) is 1. The maximum Gasteiger partial charge on any atom is 0.119 e. The predicted octanol–water partition coefficient (Wildman–Crippen LogP) is 2.91. The van der Waals surface area contributed by atoms with Crippen LogP contribution in [-0.4, -0.2) is 16.9 Å². The number of benzene rings is 1. The van der Waals surface area contributed by atoms with Gasteiger partial charge in [-0.25, -0.2) is 0 Å². The lowest BCUT2D eigenvalue weighted by Crippen LogP contribution is -1.99. The highest BCUT2D eigenvalue weighted by atomic mass is 16.5. The topological polar surface area (TPSA) is 39.1 Å². The average Bonchev–Trinajstić information content (AvgIpc) is 2.85. The van der Waals surface area contributed by atoms with Crippen LogP contribution >= 0.6 is 0 Å². The molecule has 0 unspecified atom stereocenters. The van der Waals surface area contributed by atoms with Crippen LogP contribution in [0.2, 0.25) is 0 Å². The van der Waals surface area contributed by atoms with E-state index >= 15 is 0 Å². The molecule has 0 aliphatic carbocycles. The largest absolute Gasteiger partial charge is 0.497 e. The number of methoxy groups -OCH3 is 1. The van der Waals surface area contributed by atoms with E-state index in [2.05, 4.69) is 23.4 Å². The van der Waals surface area contributed by atoms with Gasteiger partial charge >= 0.3 is 0 Å². The van der Waals surface area contributed by atoms with Gasteiger partial charge in [0.15, 0.2) is 0 Å². The number of hydrogen-bond acceptors (Lipinski definition) is 3. The van der Waals surface area contributed by atoms with Crippen LogP contribution in [0.25, 0.3) is 0 Å². The van der Waals surface area contributed by atoms with E-state index in [1.54, 1.807) is 7.11 Å². The maximum absolute atomic E-state index is 5.20. The molecular formula is C14H19N3O. The van der Waals surface area contributed by atoms with E-state index in [0.29, 0.717) is 0 Å². The number of nitrogens with zero attached hydrogens (tertiary/aromatic N) is 2. The lowest BCUT2D eigenvalue weighted by molar-refractivity contribution is 0.414. The molecule has 1 aromatic carbocycles. The number of anilines is 1. The molecule has 0 radical (unpaired) electrons. The highest BCUT2D eigenvalue weighted by Crippen LogP contribution is 2.14. The van der Waals surface area contributed by atoms with Gasteiger partial charge in [0.1, 0.15) is 5.75 Å². The third-order valence-electron chi connectivity index (χ3n) is 2.72. The SMILES string of the molecule is CCCn1cc(NCc2cccc(OC)c2)cn1. The Kier molecular flexibility index (Phi) is 4.23. The van der Waals surface area contributed by atoms with Crippen molar-refractivity contribution < 1.29 is 4.74 Å². The van der Waals surface area contributed by atoms with Gasteiger partial charge in [0.2, 0.25) is 0 Å². The van der Waals surface area contributed by atoms with Gasteiger partial charge in [-0.3, -0.25) is 4.68 Å². The van der Waals surface area contributed by atoms with Crippen molar-refractivity contribution >= 4 is 5.69 Å². The van der Waals surface area contributed by atoms with Crippen LogP contribution in [0.4, 0.5) is 5.69 Å². The lowest BCUT2D eigenvalue weighted by Gasteiger charge is -2.05. The zero-order chi connectivity index (χ0) is 12.8. The minimum absolute atomic E-state index is 0.773. The molecule has 1 aromatic heterocycles. The Morgan fingerprint density at radius 1 is 1.39 bits per heavy atom. The standard InChI is InChI=1S/C14H19N3O/c1-3-7-17-11-13(10-16-17)15-9-12-5-4-6-14(8-12)18-2/h4-6,8,10-11,15H,3,7,9H2,1-2H3. The van der Waals surface area contributed by atoms with Crippen molar-refractivity contribution in [3.05, 3.63) is 42.2 Å².